The maximum Gasteiger partial charge on any atom is 0.125 e. The van der Waals surface area contributed by atoms with Crippen LogP contribution in [0.2, 0.25) is 0 Å². The molecule has 1 aromatic carbocycles. The Hall–Kier alpha value is -1.35. The minimum Gasteiger partial charge on any atom is -0.369 e. The van der Waals surface area contributed by atoms with Crippen LogP contribution in [0.3, 0.4) is 0 Å². The van der Waals surface area contributed by atoms with Crippen molar-refractivity contribution in [2.45, 2.75) is 26.2 Å². The highest BCUT2D eigenvalue weighted by Crippen LogP contribution is 2.26. The van der Waals surface area contributed by atoms with E-state index in [0.717, 1.165) is 16.8 Å². The van der Waals surface area contributed by atoms with Crippen molar-refractivity contribution in [2.24, 2.45) is 0 Å². The number of halogens is 1. The molecule has 1 aromatic heterocycles. The number of benzene rings is 1. The topological polar surface area (TPSA) is 24.9 Å². The number of nitrogens with one attached hydrogen (secondary N) is 1. The first-order chi connectivity index (χ1) is 8.99. The van der Waals surface area contributed by atoms with Gasteiger partial charge in [-0.3, -0.25) is 0 Å². The van der Waals surface area contributed by atoms with E-state index < -0.39 is 0 Å². The van der Waals surface area contributed by atoms with Crippen LogP contribution in [0.5, 0.6) is 0 Å². The normalized spacial score (nSPS) is 11.4. The monoisotopic (exact) mass is 318 g/mol. The summed E-state index contributed by atoms with van der Waals surface area (Å²) in [5, 5.41) is 3.41. The van der Waals surface area contributed by atoms with E-state index in [0.29, 0.717) is 0 Å². The number of hydrogen-bond acceptors (Lipinski definition) is 2. The minimum absolute atomic E-state index is 0.0695. The molecule has 100 valence electrons. The third kappa shape index (κ3) is 3.57. The van der Waals surface area contributed by atoms with Crippen LogP contribution in [0.4, 0.5) is 5.82 Å². The van der Waals surface area contributed by atoms with Crippen LogP contribution < -0.4 is 5.32 Å². The second-order valence-electron chi connectivity index (χ2n) is 5.41. The maximum absolute atomic E-state index is 4.34. The first-order valence-corrected chi connectivity index (χ1v) is 7.20. The van der Waals surface area contributed by atoms with Crippen molar-refractivity contribution in [2.75, 3.05) is 11.9 Å². The van der Waals surface area contributed by atoms with Crippen LogP contribution in [0, 0.1) is 6.92 Å². The van der Waals surface area contributed by atoms with Gasteiger partial charge in [0.15, 0.2) is 0 Å². The average Bonchev–Trinajstić information content (AvgIpc) is 2.38. The van der Waals surface area contributed by atoms with Gasteiger partial charge in [0.2, 0.25) is 0 Å². The molecule has 0 unspecified atom stereocenters. The van der Waals surface area contributed by atoms with Gasteiger partial charge in [-0.1, -0.05) is 38.1 Å². The number of anilines is 1. The highest BCUT2D eigenvalue weighted by Gasteiger charge is 2.21. The molecule has 0 radical (unpaired) electrons. The molecule has 3 heteroatoms. The second kappa shape index (κ2) is 5.74. The van der Waals surface area contributed by atoms with E-state index in [4.69, 9.17) is 0 Å². The molecule has 19 heavy (non-hydrogen) atoms. The lowest BCUT2D eigenvalue weighted by Crippen LogP contribution is -2.28. The Morgan fingerprint density at radius 1 is 1.16 bits per heavy atom. The zero-order valence-corrected chi connectivity index (χ0v) is 13.2. The Morgan fingerprint density at radius 2 is 1.89 bits per heavy atom. The van der Waals surface area contributed by atoms with E-state index in [2.05, 4.69) is 71.3 Å². The Kier molecular flexibility index (Phi) is 4.25. The van der Waals surface area contributed by atoms with Crippen LogP contribution in [0.15, 0.2) is 47.1 Å². The molecule has 2 rings (SSSR count). The molecule has 0 saturated carbocycles. The second-order valence-corrected chi connectivity index (χ2v) is 6.33. The molecule has 0 aliphatic carbocycles. The summed E-state index contributed by atoms with van der Waals surface area (Å²) in [4.78, 5) is 4.34. The molecule has 0 aliphatic rings. The molecule has 1 heterocycles. The summed E-state index contributed by atoms with van der Waals surface area (Å²) in [7, 11) is 0. The molecular weight excluding hydrogens is 300 g/mol. The first kappa shape index (κ1) is 14.1. The highest BCUT2D eigenvalue weighted by molar-refractivity contribution is 9.10. The lowest BCUT2D eigenvalue weighted by Gasteiger charge is -2.27. The van der Waals surface area contributed by atoms with Crippen molar-refractivity contribution >= 4 is 21.7 Å². The maximum atomic E-state index is 4.34. The molecule has 1 N–H and O–H groups in total. The molecule has 0 spiro atoms. The van der Waals surface area contributed by atoms with Crippen molar-refractivity contribution in [1.82, 2.24) is 4.98 Å². The fraction of sp³-hybridized carbons (Fsp3) is 0.312. The van der Waals surface area contributed by atoms with E-state index in [-0.39, 0.29) is 5.41 Å². The van der Waals surface area contributed by atoms with Crippen molar-refractivity contribution in [3.05, 3.63) is 58.2 Å². The quantitative estimate of drug-likeness (QED) is 0.895. The zero-order valence-electron chi connectivity index (χ0n) is 11.6. The third-order valence-corrected chi connectivity index (χ3v) is 3.78. The minimum atomic E-state index is 0.0695. The van der Waals surface area contributed by atoms with Crippen LogP contribution in [-0.4, -0.2) is 11.5 Å². The fourth-order valence-electron chi connectivity index (χ4n) is 2.22. The lowest BCUT2D eigenvalue weighted by molar-refractivity contribution is 0.552. The van der Waals surface area contributed by atoms with Crippen LogP contribution >= 0.6 is 15.9 Å². The van der Waals surface area contributed by atoms with Gasteiger partial charge in [-0.2, -0.15) is 0 Å². The van der Waals surface area contributed by atoms with Crippen molar-refractivity contribution in [3.8, 4) is 0 Å². The van der Waals surface area contributed by atoms with Crippen LogP contribution in [0.1, 0.15) is 25.0 Å². The van der Waals surface area contributed by atoms with E-state index in [9.17, 15) is 0 Å². The molecule has 0 amide bonds. The number of nitrogens with zero attached hydrogens (tertiary/aromatic N) is 1. The Balaban J connectivity index is 2.09. The molecular formula is C16H19BrN2. The van der Waals surface area contributed by atoms with Crippen molar-refractivity contribution in [1.29, 1.82) is 0 Å². The van der Waals surface area contributed by atoms with E-state index in [1.165, 1.54) is 11.1 Å². The summed E-state index contributed by atoms with van der Waals surface area (Å²) >= 11 is 3.39. The summed E-state index contributed by atoms with van der Waals surface area (Å²) in [6, 6.07) is 12.5. The third-order valence-electron chi connectivity index (χ3n) is 3.31. The van der Waals surface area contributed by atoms with Gasteiger partial charge in [0.05, 0.1) is 0 Å². The SMILES string of the molecule is Cc1ccccc1C(C)(C)CNc1ccc(Br)cn1. The van der Waals surface area contributed by atoms with Crippen molar-refractivity contribution < 1.29 is 0 Å². The first-order valence-electron chi connectivity index (χ1n) is 6.40. The Labute approximate surface area is 123 Å². The van der Waals surface area contributed by atoms with Crippen LogP contribution in [0.25, 0.3) is 0 Å². The summed E-state index contributed by atoms with van der Waals surface area (Å²) in [6.07, 6.45) is 1.81. The summed E-state index contributed by atoms with van der Waals surface area (Å²) in [6.45, 7) is 7.52. The van der Waals surface area contributed by atoms with Gasteiger partial charge in [-0.05, 0) is 46.1 Å². The largest absolute Gasteiger partial charge is 0.369 e. The average molecular weight is 319 g/mol. The molecule has 0 fully saturated rings. The van der Waals surface area contributed by atoms with E-state index >= 15 is 0 Å². The predicted molar refractivity (Wildman–Crippen MR) is 84.6 cm³/mol. The molecule has 0 aliphatic heterocycles. The Morgan fingerprint density at radius 3 is 2.53 bits per heavy atom. The number of pyridine rings is 1. The van der Waals surface area contributed by atoms with Gasteiger partial charge >= 0.3 is 0 Å². The van der Waals surface area contributed by atoms with E-state index in [1.807, 2.05) is 18.3 Å². The highest BCUT2D eigenvalue weighted by atomic mass is 79.9. The van der Waals surface area contributed by atoms with Gasteiger partial charge in [0.1, 0.15) is 5.82 Å². The van der Waals surface area contributed by atoms with Gasteiger partial charge in [0, 0.05) is 22.6 Å². The molecule has 0 bridgehead atoms. The predicted octanol–water partition coefficient (Wildman–Crippen LogP) is 4.54. The number of aromatic nitrogens is 1. The van der Waals surface area contributed by atoms with Crippen LogP contribution in [-0.2, 0) is 5.41 Å². The lowest BCUT2D eigenvalue weighted by atomic mass is 9.82. The van der Waals surface area contributed by atoms with Crippen molar-refractivity contribution in [3.63, 3.8) is 0 Å². The smallest absolute Gasteiger partial charge is 0.125 e. The number of aryl methyl sites for hydroxylation is 1. The summed E-state index contributed by atoms with van der Waals surface area (Å²) < 4.78 is 0.996. The van der Waals surface area contributed by atoms with Gasteiger partial charge in [-0.25, -0.2) is 4.98 Å². The number of hydrogen-bond donors (Lipinski definition) is 1. The standard InChI is InChI=1S/C16H19BrN2/c1-12-6-4-5-7-14(12)16(2,3)11-19-15-9-8-13(17)10-18-15/h4-10H,11H2,1-3H3,(H,18,19). The molecule has 2 nitrogen and oxygen atoms in total. The summed E-state index contributed by atoms with van der Waals surface area (Å²) in [5.74, 6) is 0.907. The van der Waals surface area contributed by atoms with Gasteiger partial charge in [0.25, 0.3) is 0 Å². The Bertz CT molecular complexity index is 547. The van der Waals surface area contributed by atoms with E-state index in [1.54, 1.807) is 0 Å². The van der Waals surface area contributed by atoms with Gasteiger partial charge in [-0.15, -0.1) is 0 Å². The zero-order chi connectivity index (χ0) is 13.9. The molecule has 2 aromatic rings. The summed E-state index contributed by atoms with van der Waals surface area (Å²) in [5.41, 5.74) is 2.78. The number of rotatable bonds is 4. The fourth-order valence-corrected chi connectivity index (χ4v) is 2.45. The van der Waals surface area contributed by atoms with Gasteiger partial charge < -0.3 is 5.32 Å². The molecule has 0 atom stereocenters. The molecule has 0 saturated heterocycles.